The zero-order valence-corrected chi connectivity index (χ0v) is 13.5. The molecule has 3 rings (SSSR count). The highest BCUT2D eigenvalue weighted by molar-refractivity contribution is 6.00. The summed E-state index contributed by atoms with van der Waals surface area (Å²) in [6.07, 6.45) is 1.86. The van der Waals surface area contributed by atoms with E-state index in [4.69, 9.17) is 16.2 Å². The molecule has 1 saturated carbocycles. The van der Waals surface area contributed by atoms with Gasteiger partial charge in [-0.05, 0) is 37.1 Å². The van der Waals surface area contributed by atoms with Gasteiger partial charge in [-0.25, -0.2) is 0 Å². The lowest BCUT2D eigenvalue weighted by Crippen LogP contribution is -2.81. The van der Waals surface area contributed by atoms with Gasteiger partial charge in [-0.3, -0.25) is 9.59 Å². The average molecular weight is 317 g/mol. The Morgan fingerprint density at radius 1 is 1.26 bits per heavy atom. The number of rotatable bonds is 3. The first-order chi connectivity index (χ1) is 10.8. The van der Waals surface area contributed by atoms with E-state index in [2.05, 4.69) is 5.32 Å². The van der Waals surface area contributed by atoms with Gasteiger partial charge < -0.3 is 21.5 Å². The maximum absolute atomic E-state index is 12.8. The zero-order valence-electron chi connectivity index (χ0n) is 13.5. The smallest absolute Gasteiger partial charge is 0.248 e. The number of hydrogen-bond donors (Lipinski definition) is 3. The molecule has 0 radical (unpaired) electrons. The number of benzene rings is 1. The van der Waals surface area contributed by atoms with Crippen LogP contribution in [0.5, 0.6) is 0 Å². The largest absolute Gasteiger partial charge is 0.377 e. The number of hydrogen-bond acceptors (Lipinski definition) is 4. The monoisotopic (exact) mass is 317 g/mol. The molecule has 23 heavy (non-hydrogen) atoms. The fourth-order valence-corrected chi connectivity index (χ4v) is 3.99. The maximum atomic E-state index is 12.8. The van der Waals surface area contributed by atoms with Crippen molar-refractivity contribution in [2.24, 2.45) is 22.8 Å². The lowest BCUT2D eigenvalue weighted by atomic mass is 9.46. The molecule has 124 valence electrons. The summed E-state index contributed by atoms with van der Waals surface area (Å²) in [6, 6.07) is 6.48. The molecule has 2 amide bonds. The molecule has 1 aliphatic carbocycles. The summed E-state index contributed by atoms with van der Waals surface area (Å²) in [5, 5.41) is 2.87. The van der Waals surface area contributed by atoms with E-state index in [1.165, 1.54) is 0 Å². The molecular weight excluding hydrogens is 294 g/mol. The predicted octanol–water partition coefficient (Wildman–Crippen LogP) is 1.26. The molecule has 0 bridgehead atoms. The van der Waals surface area contributed by atoms with Crippen molar-refractivity contribution in [3.8, 4) is 0 Å². The summed E-state index contributed by atoms with van der Waals surface area (Å²) in [7, 11) is 0. The van der Waals surface area contributed by atoms with Crippen molar-refractivity contribution in [1.82, 2.24) is 0 Å². The zero-order chi connectivity index (χ0) is 16.8. The number of carbonyl (C=O) groups is 2. The standard InChI is InChI=1S/C17H23N3O3/c1-16(2)13-12(4-3-9-23-13)17(16,19)15(22)20-11-7-5-10(6-8-11)14(18)21/h5-8,12-13H,3-4,9,19H2,1-2H3,(H2,18,21)(H,20,22). The van der Waals surface area contributed by atoms with Gasteiger partial charge in [0.25, 0.3) is 0 Å². The Morgan fingerprint density at radius 3 is 2.52 bits per heavy atom. The van der Waals surface area contributed by atoms with E-state index in [0.29, 0.717) is 11.3 Å². The second-order valence-corrected chi connectivity index (χ2v) is 7.03. The van der Waals surface area contributed by atoms with Crippen molar-refractivity contribution < 1.29 is 14.3 Å². The number of primary amides is 1. The van der Waals surface area contributed by atoms with E-state index < -0.39 is 16.9 Å². The number of carbonyl (C=O) groups excluding carboxylic acids is 2. The van der Waals surface area contributed by atoms with Crippen molar-refractivity contribution >= 4 is 17.5 Å². The van der Waals surface area contributed by atoms with Gasteiger partial charge in [0.2, 0.25) is 11.8 Å². The van der Waals surface area contributed by atoms with Gasteiger partial charge in [0.15, 0.2) is 0 Å². The summed E-state index contributed by atoms with van der Waals surface area (Å²) in [4.78, 5) is 23.9. The molecule has 6 heteroatoms. The van der Waals surface area contributed by atoms with Crippen molar-refractivity contribution in [2.75, 3.05) is 11.9 Å². The Kier molecular flexibility index (Phi) is 3.69. The molecule has 6 nitrogen and oxygen atoms in total. The van der Waals surface area contributed by atoms with Crippen LogP contribution in [0.3, 0.4) is 0 Å². The van der Waals surface area contributed by atoms with Gasteiger partial charge in [-0.2, -0.15) is 0 Å². The second kappa shape index (κ2) is 5.32. The Bertz CT molecular complexity index is 641. The van der Waals surface area contributed by atoms with Gasteiger partial charge in [0.05, 0.1) is 6.10 Å². The lowest BCUT2D eigenvalue weighted by molar-refractivity contribution is -0.222. The van der Waals surface area contributed by atoms with Crippen molar-refractivity contribution in [2.45, 2.75) is 38.3 Å². The molecule has 1 aromatic rings. The van der Waals surface area contributed by atoms with Crippen LogP contribution < -0.4 is 16.8 Å². The number of amides is 2. The van der Waals surface area contributed by atoms with Gasteiger partial charge in [0, 0.05) is 29.2 Å². The summed E-state index contributed by atoms with van der Waals surface area (Å²) in [6.45, 7) is 4.70. The van der Waals surface area contributed by atoms with Crippen LogP contribution in [0.4, 0.5) is 5.69 Å². The van der Waals surface area contributed by atoms with Crippen LogP contribution in [-0.2, 0) is 9.53 Å². The number of anilines is 1. The van der Waals surface area contributed by atoms with E-state index in [-0.39, 0.29) is 17.9 Å². The first kappa shape index (κ1) is 16.0. The lowest BCUT2D eigenvalue weighted by Gasteiger charge is -2.65. The molecule has 0 spiro atoms. The minimum atomic E-state index is -0.958. The van der Waals surface area contributed by atoms with Crippen LogP contribution in [-0.4, -0.2) is 30.1 Å². The number of nitrogens with two attached hydrogens (primary N) is 2. The molecule has 3 atom stereocenters. The van der Waals surface area contributed by atoms with Crippen LogP contribution in [0.25, 0.3) is 0 Å². The maximum Gasteiger partial charge on any atom is 0.248 e. The van der Waals surface area contributed by atoms with Crippen LogP contribution in [0.2, 0.25) is 0 Å². The molecule has 1 aliphatic heterocycles. The molecule has 5 N–H and O–H groups in total. The van der Waals surface area contributed by atoms with E-state index in [9.17, 15) is 9.59 Å². The van der Waals surface area contributed by atoms with Crippen LogP contribution >= 0.6 is 0 Å². The summed E-state index contributed by atoms with van der Waals surface area (Å²) in [5.74, 6) is -0.669. The summed E-state index contributed by atoms with van der Waals surface area (Å²) >= 11 is 0. The van der Waals surface area contributed by atoms with Gasteiger partial charge in [0.1, 0.15) is 5.54 Å². The molecular formula is C17H23N3O3. The highest BCUT2D eigenvalue weighted by Crippen LogP contribution is 2.57. The normalized spacial score (nSPS) is 31.6. The number of ether oxygens (including phenoxy) is 1. The number of fused-ring (bicyclic) bond motifs is 1. The third-order valence-electron chi connectivity index (χ3n) is 5.49. The first-order valence-corrected chi connectivity index (χ1v) is 7.90. The predicted molar refractivity (Wildman–Crippen MR) is 86.8 cm³/mol. The van der Waals surface area contributed by atoms with E-state index >= 15 is 0 Å². The highest BCUT2D eigenvalue weighted by Gasteiger charge is 2.70. The second-order valence-electron chi connectivity index (χ2n) is 7.03. The van der Waals surface area contributed by atoms with E-state index in [1.807, 2.05) is 13.8 Å². The van der Waals surface area contributed by atoms with E-state index in [1.54, 1.807) is 24.3 Å². The van der Waals surface area contributed by atoms with Crippen LogP contribution in [0.1, 0.15) is 37.0 Å². The Balaban J connectivity index is 1.78. The third-order valence-corrected chi connectivity index (χ3v) is 5.49. The van der Waals surface area contributed by atoms with Crippen molar-refractivity contribution in [1.29, 1.82) is 0 Å². The minimum Gasteiger partial charge on any atom is -0.377 e. The SMILES string of the molecule is CC1(C)C2OCCCC2C1(N)C(=O)Nc1ccc(C(N)=O)cc1. The Hall–Kier alpha value is -1.92. The molecule has 2 aliphatic rings. The van der Waals surface area contributed by atoms with E-state index in [0.717, 1.165) is 19.4 Å². The van der Waals surface area contributed by atoms with Crippen LogP contribution in [0.15, 0.2) is 24.3 Å². The Labute approximate surface area is 135 Å². The molecule has 0 aromatic heterocycles. The fraction of sp³-hybridized carbons (Fsp3) is 0.529. The number of nitrogens with one attached hydrogen (secondary N) is 1. The molecule has 1 aromatic carbocycles. The van der Waals surface area contributed by atoms with Crippen molar-refractivity contribution in [3.05, 3.63) is 29.8 Å². The molecule has 2 fully saturated rings. The fourth-order valence-electron chi connectivity index (χ4n) is 3.99. The van der Waals surface area contributed by atoms with Crippen molar-refractivity contribution in [3.63, 3.8) is 0 Å². The Morgan fingerprint density at radius 2 is 1.91 bits per heavy atom. The van der Waals surface area contributed by atoms with Gasteiger partial charge >= 0.3 is 0 Å². The topological polar surface area (TPSA) is 107 Å². The molecule has 1 heterocycles. The van der Waals surface area contributed by atoms with Gasteiger partial charge in [-0.15, -0.1) is 0 Å². The highest BCUT2D eigenvalue weighted by atomic mass is 16.5. The average Bonchev–Trinajstić information content (AvgIpc) is 2.54. The summed E-state index contributed by atoms with van der Waals surface area (Å²) in [5.41, 5.74) is 11.4. The molecule has 3 unspecified atom stereocenters. The quantitative estimate of drug-likeness (QED) is 0.780. The van der Waals surface area contributed by atoms with Gasteiger partial charge in [-0.1, -0.05) is 13.8 Å². The third kappa shape index (κ3) is 2.24. The first-order valence-electron chi connectivity index (χ1n) is 7.90. The summed E-state index contributed by atoms with van der Waals surface area (Å²) < 4.78 is 5.82. The van der Waals surface area contributed by atoms with Crippen LogP contribution in [0, 0.1) is 11.3 Å². The molecule has 1 saturated heterocycles. The minimum absolute atomic E-state index is 0.0317.